The highest BCUT2D eigenvalue weighted by molar-refractivity contribution is 5.83. The van der Waals surface area contributed by atoms with Gasteiger partial charge >= 0.3 is 6.18 Å². The maximum atomic E-state index is 12.1. The molecule has 0 unspecified atom stereocenters. The number of halogens is 3. The molecule has 0 aromatic heterocycles. The minimum atomic E-state index is -4.46. The van der Waals surface area contributed by atoms with Crippen LogP contribution in [0.1, 0.15) is 11.1 Å². The normalized spacial score (nSPS) is 11.3. The summed E-state index contributed by atoms with van der Waals surface area (Å²) in [6.45, 7) is 0. The average Bonchev–Trinajstić information content (AvgIpc) is 2.03. The van der Waals surface area contributed by atoms with Gasteiger partial charge in [-0.3, -0.25) is 4.79 Å². The maximum Gasteiger partial charge on any atom is 0.416 e. The van der Waals surface area contributed by atoms with Crippen molar-refractivity contribution >= 4 is 12.0 Å². The summed E-state index contributed by atoms with van der Waals surface area (Å²) in [5.74, 6) is 0. The lowest BCUT2D eigenvalue weighted by Crippen LogP contribution is -2.06. The van der Waals surface area contributed by atoms with E-state index >= 15 is 0 Å². The molecule has 0 spiro atoms. The molecular weight excluding hydrogens is 183 g/mol. The van der Waals surface area contributed by atoms with E-state index in [2.05, 4.69) is 0 Å². The van der Waals surface area contributed by atoms with Crippen molar-refractivity contribution < 1.29 is 18.0 Å². The SMILES string of the molecule is Nc1ccc(C(F)(F)F)cc1[C]=O. The molecule has 2 nitrogen and oxygen atoms in total. The summed E-state index contributed by atoms with van der Waals surface area (Å²) in [6.07, 6.45) is -3.13. The van der Waals surface area contributed by atoms with Gasteiger partial charge in [-0.2, -0.15) is 13.2 Å². The number of nitrogen functional groups attached to an aromatic ring is 1. The number of rotatable bonds is 1. The second-order valence-corrected chi connectivity index (χ2v) is 2.40. The van der Waals surface area contributed by atoms with Crippen LogP contribution < -0.4 is 5.73 Å². The van der Waals surface area contributed by atoms with E-state index in [-0.39, 0.29) is 11.3 Å². The minimum absolute atomic E-state index is 0.0111. The fourth-order valence-corrected chi connectivity index (χ4v) is 0.821. The Hall–Kier alpha value is -1.52. The van der Waals surface area contributed by atoms with Crippen molar-refractivity contribution in [2.45, 2.75) is 6.18 Å². The number of nitrogens with two attached hydrogens (primary N) is 1. The monoisotopic (exact) mass is 188 g/mol. The van der Waals surface area contributed by atoms with Gasteiger partial charge in [-0.25, -0.2) is 0 Å². The summed E-state index contributed by atoms with van der Waals surface area (Å²) >= 11 is 0. The zero-order valence-electron chi connectivity index (χ0n) is 6.35. The number of hydrogen-bond acceptors (Lipinski definition) is 2. The molecular formula is C8H5F3NO. The van der Waals surface area contributed by atoms with Crippen molar-refractivity contribution in [3.05, 3.63) is 29.3 Å². The Morgan fingerprint density at radius 2 is 1.92 bits per heavy atom. The molecule has 0 bridgehead atoms. The molecule has 0 fully saturated rings. The average molecular weight is 188 g/mol. The third-order valence-electron chi connectivity index (χ3n) is 1.49. The molecule has 0 aliphatic carbocycles. The van der Waals surface area contributed by atoms with Crippen molar-refractivity contribution in [2.75, 3.05) is 5.73 Å². The summed E-state index contributed by atoms with van der Waals surface area (Å²) in [6, 6.07) is 2.52. The molecule has 2 N–H and O–H groups in total. The summed E-state index contributed by atoms with van der Waals surface area (Å²) in [7, 11) is 0. The zero-order valence-corrected chi connectivity index (χ0v) is 6.35. The standard InChI is InChI=1S/C8H5F3NO/c9-8(10,11)6-1-2-7(12)5(3-6)4-13/h1-3H,12H2. The van der Waals surface area contributed by atoms with E-state index in [0.29, 0.717) is 6.07 Å². The molecule has 13 heavy (non-hydrogen) atoms. The minimum Gasteiger partial charge on any atom is -0.398 e. The Bertz CT molecular complexity index is 333. The van der Waals surface area contributed by atoms with Gasteiger partial charge in [-0.1, -0.05) is 0 Å². The van der Waals surface area contributed by atoms with E-state index in [9.17, 15) is 18.0 Å². The Balaban J connectivity index is 3.21. The first kappa shape index (κ1) is 9.57. The largest absolute Gasteiger partial charge is 0.416 e. The second kappa shape index (κ2) is 3.08. The maximum absolute atomic E-state index is 12.1. The van der Waals surface area contributed by atoms with Gasteiger partial charge in [0.1, 0.15) is 0 Å². The lowest BCUT2D eigenvalue weighted by molar-refractivity contribution is -0.137. The molecule has 0 atom stereocenters. The van der Waals surface area contributed by atoms with Gasteiger partial charge in [-0.15, -0.1) is 0 Å². The van der Waals surface area contributed by atoms with Crippen LogP contribution in [0.3, 0.4) is 0 Å². The summed E-state index contributed by atoms with van der Waals surface area (Å²) in [4.78, 5) is 10.1. The first-order chi connectivity index (χ1) is 5.95. The Morgan fingerprint density at radius 1 is 1.31 bits per heavy atom. The van der Waals surface area contributed by atoms with Gasteiger partial charge in [-0.05, 0) is 18.2 Å². The number of alkyl halides is 3. The zero-order chi connectivity index (χ0) is 10.1. The third-order valence-corrected chi connectivity index (χ3v) is 1.49. The quantitative estimate of drug-likeness (QED) is 0.682. The van der Waals surface area contributed by atoms with Crippen LogP contribution in [0.25, 0.3) is 0 Å². The smallest absolute Gasteiger partial charge is 0.398 e. The predicted molar refractivity (Wildman–Crippen MR) is 40.7 cm³/mol. The van der Waals surface area contributed by atoms with Gasteiger partial charge in [0, 0.05) is 11.3 Å². The Kier molecular flexibility index (Phi) is 2.27. The van der Waals surface area contributed by atoms with Crippen molar-refractivity contribution in [1.29, 1.82) is 0 Å². The summed E-state index contributed by atoms with van der Waals surface area (Å²) < 4.78 is 36.2. The van der Waals surface area contributed by atoms with E-state index in [4.69, 9.17) is 5.73 Å². The molecule has 1 radical (unpaired) electrons. The van der Waals surface area contributed by atoms with Crippen LogP contribution in [-0.2, 0) is 11.0 Å². The Labute approximate surface area is 72.2 Å². The molecule has 0 heterocycles. The molecule has 69 valence electrons. The van der Waals surface area contributed by atoms with Gasteiger partial charge in [0.15, 0.2) is 0 Å². The molecule has 0 saturated carbocycles. The van der Waals surface area contributed by atoms with Crippen LogP contribution in [0.5, 0.6) is 0 Å². The van der Waals surface area contributed by atoms with Crippen molar-refractivity contribution in [3.63, 3.8) is 0 Å². The van der Waals surface area contributed by atoms with E-state index in [1.807, 2.05) is 0 Å². The van der Waals surface area contributed by atoms with Gasteiger partial charge < -0.3 is 5.73 Å². The van der Waals surface area contributed by atoms with Crippen LogP contribution in [0, 0.1) is 0 Å². The number of benzene rings is 1. The van der Waals surface area contributed by atoms with Crippen molar-refractivity contribution in [3.8, 4) is 0 Å². The van der Waals surface area contributed by atoms with Gasteiger partial charge in [0.05, 0.1) is 5.56 Å². The fraction of sp³-hybridized carbons (Fsp3) is 0.125. The highest BCUT2D eigenvalue weighted by Crippen LogP contribution is 2.30. The number of carbonyl (C=O) groups excluding carboxylic acids is 1. The number of anilines is 1. The lowest BCUT2D eigenvalue weighted by Gasteiger charge is -2.07. The van der Waals surface area contributed by atoms with Crippen LogP contribution in [0.2, 0.25) is 0 Å². The van der Waals surface area contributed by atoms with Crippen LogP contribution >= 0.6 is 0 Å². The molecule has 1 aromatic carbocycles. The Morgan fingerprint density at radius 3 is 2.38 bits per heavy atom. The van der Waals surface area contributed by atoms with E-state index in [1.54, 1.807) is 0 Å². The first-order valence-corrected chi connectivity index (χ1v) is 3.30. The molecule has 1 rings (SSSR count). The van der Waals surface area contributed by atoms with Crippen LogP contribution in [0.15, 0.2) is 18.2 Å². The van der Waals surface area contributed by atoms with E-state index in [1.165, 1.54) is 6.29 Å². The second-order valence-electron chi connectivity index (χ2n) is 2.40. The highest BCUT2D eigenvalue weighted by Gasteiger charge is 2.30. The molecule has 0 amide bonds. The van der Waals surface area contributed by atoms with Crippen molar-refractivity contribution in [1.82, 2.24) is 0 Å². The topological polar surface area (TPSA) is 43.1 Å². The molecule has 0 saturated heterocycles. The predicted octanol–water partition coefficient (Wildman–Crippen LogP) is 1.75. The molecule has 0 aliphatic heterocycles. The van der Waals surface area contributed by atoms with Gasteiger partial charge in [0.25, 0.3) is 0 Å². The summed E-state index contributed by atoms with van der Waals surface area (Å²) in [5.41, 5.74) is 4.03. The highest BCUT2D eigenvalue weighted by atomic mass is 19.4. The van der Waals surface area contributed by atoms with Crippen LogP contribution in [0.4, 0.5) is 18.9 Å². The molecule has 5 heteroatoms. The molecule has 0 aliphatic rings. The van der Waals surface area contributed by atoms with Crippen LogP contribution in [-0.4, -0.2) is 6.29 Å². The number of hydrogen-bond donors (Lipinski definition) is 1. The molecule has 1 aromatic rings. The first-order valence-electron chi connectivity index (χ1n) is 3.30. The van der Waals surface area contributed by atoms with Crippen molar-refractivity contribution in [2.24, 2.45) is 0 Å². The van der Waals surface area contributed by atoms with E-state index in [0.717, 1.165) is 12.1 Å². The fourth-order valence-electron chi connectivity index (χ4n) is 0.821. The van der Waals surface area contributed by atoms with E-state index < -0.39 is 11.7 Å². The lowest BCUT2D eigenvalue weighted by atomic mass is 10.1. The summed E-state index contributed by atoms with van der Waals surface area (Å²) in [5, 5.41) is 0. The van der Waals surface area contributed by atoms with Gasteiger partial charge in [0.2, 0.25) is 6.29 Å². The third kappa shape index (κ3) is 1.99.